The monoisotopic (exact) mass is 404 g/mol. The summed E-state index contributed by atoms with van der Waals surface area (Å²) in [4.78, 5) is 33.5. The number of aryl methyl sites for hydroxylation is 2. The quantitative estimate of drug-likeness (QED) is 0.400. The van der Waals surface area contributed by atoms with Gasteiger partial charge in [0.1, 0.15) is 10.7 Å². The van der Waals surface area contributed by atoms with Gasteiger partial charge in [-0.15, -0.1) is 11.3 Å². The normalized spacial score (nSPS) is 11.9. The number of hydrazone groups is 1. The van der Waals surface area contributed by atoms with Crippen LogP contribution in [0, 0.1) is 13.8 Å². The number of thiophene rings is 1. The third kappa shape index (κ3) is 3.82. The molecule has 0 aliphatic heterocycles. The lowest BCUT2D eigenvalue weighted by Gasteiger charge is -2.05. The van der Waals surface area contributed by atoms with Gasteiger partial charge in [0.15, 0.2) is 0 Å². The van der Waals surface area contributed by atoms with Crippen molar-refractivity contribution in [3.05, 3.63) is 74.6 Å². The van der Waals surface area contributed by atoms with Gasteiger partial charge in [-0.1, -0.05) is 36.4 Å². The molecular weight excluding hydrogens is 384 g/mol. The third-order valence-corrected chi connectivity index (χ3v) is 6.03. The Morgan fingerprint density at radius 3 is 2.72 bits per heavy atom. The van der Waals surface area contributed by atoms with Crippen molar-refractivity contribution in [1.29, 1.82) is 0 Å². The Kier molecular flexibility index (Phi) is 4.98. The highest BCUT2D eigenvalue weighted by Gasteiger charge is 2.13. The number of nitrogens with zero attached hydrogens (tertiary/aromatic N) is 2. The van der Waals surface area contributed by atoms with Crippen LogP contribution in [0.15, 0.2) is 52.4 Å². The second-order valence-electron chi connectivity index (χ2n) is 6.95. The van der Waals surface area contributed by atoms with Gasteiger partial charge in [-0.25, -0.2) is 10.4 Å². The van der Waals surface area contributed by atoms with E-state index in [0.29, 0.717) is 21.8 Å². The third-order valence-electron chi connectivity index (χ3n) is 4.93. The van der Waals surface area contributed by atoms with E-state index in [9.17, 15) is 9.59 Å². The first-order valence-corrected chi connectivity index (χ1v) is 10.0. The standard InChI is InChI=1S/C22H20N4O2S/c1-12-14(3)29-22-20(12)21(28)23-18(24-22)11-19(27)26-25-13(2)16-9-8-15-6-4-5-7-17(15)10-16/h4-10H,11H2,1-3H3,(H,26,27)(H,23,24,28)/b25-13-. The molecule has 0 saturated heterocycles. The summed E-state index contributed by atoms with van der Waals surface area (Å²) in [6.45, 7) is 5.70. The number of carbonyl (C=O) groups is 1. The molecular formula is C22H20N4O2S. The van der Waals surface area contributed by atoms with Gasteiger partial charge in [-0.05, 0) is 48.7 Å². The van der Waals surface area contributed by atoms with Gasteiger partial charge in [0.05, 0.1) is 17.5 Å². The van der Waals surface area contributed by atoms with Crippen LogP contribution in [0.2, 0.25) is 0 Å². The molecule has 0 spiro atoms. The number of H-pyrrole nitrogens is 1. The molecule has 0 aliphatic rings. The molecule has 2 aromatic carbocycles. The van der Waals surface area contributed by atoms with Gasteiger partial charge >= 0.3 is 0 Å². The molecule has 0 atom stereocenters. The molecule has 2 aromatic heterocycles. The Bertz CT molecular complexity index is 1330. The number of hydrogen-bond acceptors (Lipinski definition) is 5. The Hall–Kier alpha value is -3.32. The smallest absolute Gasteiger partial charge is 0.259 e. The van der Waals surface area contributed by atoms with E-state index in [1.54, 1.807) is 0 Å². The molecule has 0 fully saturated rings. The predicted octanol–water partition coefficient (Wildman–Crippen LogP) is 3.84. The SMILES string of the molecule is C/C(=N/NC(=O)Cc1nc2sc(C)c(C)c2c(=O)[nH]1)c1ccc2ccccc2c1. The molecule has 0 saturated carbocycles. The van der Waals surface area contributed by atoms with E-state index < -0.39 is 0 Å². The van der Waals surface area contributed by atoms with Crippen LogP contribution in [0.3, 0.4) is 0 Å². The number of nitrogens with one attached hydrogen (secondary N) is 2. The van der Waals surface area contributed by atoms with E-state index in [1.165, 1.54) is 11.3 Å². The zero-order valence-corrected chi connectivity index (χ0v) is 17.2. The maximum Gasteiger partial charge on any atom is 0.259 e. The molecule has 0 aliphatic carbocycles. The van der Waals surface area contributed by atoms with Gasteiger partial charge in [0.25, 0.3) is 5.56 Å². The zero-order valence-electron chi connectivity index (χ0n) is 16.4. The molecule has 2 N–H and O–H groups in total. The van der Waals surface area contributed by atoms with Crippen LogP contribution in [0.25, 0.3) is 21.0 Å². The summed E-state index contributed by atoms with van der Waals surface area (Å²) >= 11 is 1.46. The lowest BCUT2D eigenvalue weighted by Crippen LogP contribution is -2.24. The zero-order chi connectivity index (χ0) is 20.5. The fraction of sp³-hybridized carbons (Fsp3) is 0.182. The van der Waals surface area contributed by atoms with E-state index in [2.05, 4.69) is 26.6 Å². The van der Waals surface area contributed by atoms with E-state index in [0.717, 1.165) is 26.8 Å². The minimum Gasteiger partial charge on any atom is -0.309 e. The minimum atomic E-state index is -0.336. The van der Waals surface area contributed by atoms with Gasteiger partial charge < -0.3 is 4.98 Å². The summed E-state index contributed by atoms with van der Waals surface area (Å²) in [6.07, 6.45) is -0.0460. The van der Waals surface area contributed by atoms with Crippen molar-refractivity contribution < 1.29 is 4.79 Å². The van der Waals surface area contributed by atoms with Crippen molar-refractivity contribution in [2.75, 3.05) is 0 Å². The molecule has 2 heterocycles. The van der Waals surface area contributed by atoms with Crippen molar-refractivity contribution in [3.8, 4) is 0 Å². The summed E-state index contributed by atoms with van der Waals surface area (Å²) in [6, 6.07) is 14.1. The molecule has 0 radical (unpaired) electrons. The average molecular weight is 404 g/mol. The molecule has 0 unspecified atom stereocenters. The summed E-state index contributed by atoms with van der Waals surface area (Å²) in [5, 5.41) is 7.06. The van der Waals surface area contributed by atoms with Crippen LogP contribution >= 0.6 is 11.3 Å². The molecule has 0 bridgehead atoms. The fourth-order valence-corrected chi connectivity index (χ4v) is 4.25. The summed E-state index contributed by atoms with van der Waals surface area (Å²) in [5.41, 5.74) is 4.91. The van der Waals surface area contributed by atoms with Crippen LogP contribution < -0.4 is 11.0 Å². The summed E-state index contributed by atoms with van der Waals surface area (Å²) in [5.74, 6) is -0.00236. The van der Waals surface area contributed by atoms with Crippen molar-refractivity contribution in [2.24, 2.45) is 5.10 Å². The number of aromatic nitrogens is 2. The highest BCUT2D eigenvalue weighted by atomic mass is 32.1. The van der Waals surface area contributed by atoms with Crippen LogP contribution in [0.4, 0.5) is 0 Å². The molecule has 146 valence electrons. The number of carbonyl (C=O) groups excluding carboxylic acids is 1. The Morgan fingerprint density at radius 1 is 1.17 bits per heavy atom. The Morgan fingerprint density at radius 2 is 1.93 bits per heavy atom. The number of aromatic amines is 1. The number of fused-ring (bicyclic) bond motifs is 2. The highest BCUT2D eigenvalue weighted by molar-refractivity contribution is 7.18. The largest absolute Gasteiger partial charge is 0.309 e. The van der Waals surface area contributed by atoms with Gasteiger partial charge in [0, 0.05) is 4.88 Å². The first-order chi connectivity index (χ1) is 13.9. The highest BCUT2D eigenvalue weighted by Crippen LogP contribution is 2.25. The summed E-state index contributed by atoms with van der Waals surface area (Å²) in [7, 11) is 0. The van der Waals surface area contributed by atoms with Crippen LogP contribution in [0.1, 0.15) is 28.8 Å². The lowest BCUT2D eigenvalue weighted by molar-refractivity contribution is -0.120. The second-order valence-corrected chi connectivity index (χ2v) is 8.15. The average Bonchev–Trinajstić information content (AvgIpc) is 2.99. The number of hydrogen-bond donors (Lipinski definition) is 2. The van der Waals surface area contributed by atoms with Crippen LogP contribution in [-0.2, 0) is 11.2 Å². The molecule has 6 nitrogen and oxygen atoms in total. The Labute approximate surface area is 171 Å². The lowest BCUT2D eigenvalue weighted by atomic mass is 10.0. The maximum absolute atomic E-state index is 12.3. The van der Waals surface area contributed by atoms with Crippen molar-refractivity contribution in [1.82, 2.24) is 15.4 Å². The van der Waals surface area contributed by atoms with Gasteiger partial charge in [0.2, 0.25) is 5.91 Å². The molecule has 29 heavy (non-hydrogen) atoms. The topological polar surface area (TPSA) is 87.2 Å². The fourth-order valence-electron chi connectivity index (χ4n) is 3.20. The number of benzene rings is 2. The van der Waals surface area contributed by atoms with Crippen molar-refractivity contribution >= 4 is 43.9 Å². The maximum atomic E-state index is 12.3. The van der Waals surface area contributed by atoms with E-state index in [1.807, 2.05) is 57.2 Å². The second kappa shape index (κ2) is 7.60. The van der Waals surface area contributed by atoms with Crippen LogP contribution in [-0.4, -0.2) is 21.6 Å². The van der Waals surface area contributed by atoms with Gasteiger partial charge in [-0.3, -0.25) is 9.59 Å². The predicted molar refractivity (Wildman–Crippen MR) is 118 cm³/mol. The first-order valence-electron chi connectivity index (χ1n) is 9.23. The molecule has 1 amide bonds. The van der Waals surface area contributed by atoms with E-state index in [4.69, 9.17) is 0 Å². The molecule has 4 rings (SSSR count). The number of amides is 1. The molecule has 4 aromatic rings. The summed E-state index contributed by atoms with van der Waals surface area (Å²) < 4.78 is 0. The van der Waals surface area contributed by atoms with Crippen molar-refractivity contribution in [3.63, 3.8) is 0 Å². The van der Waals surface area contributed by atoms with Crippen LogP contribution in [0.5, 0.6) is 0 Å². The number of rotatable bonds is 4. The Balaban J connectivity index is 1.50. The van der Waals surface area contributed by atoms with Gasteiger partial charge in [-0.2, -0.15) is 5.10 Å². The van der Waals surface area contributed by atoms with E-state index in [-0.39, 0.29) is 17.9 Å². The minimum absolute atomic E-state index is 0.0460. The first kappa shape index (κ1) is 19.0. The van der Waals surface area contributed by atoms with Crippen molar-refractivity contribution in [2.45, 2.75) is 27.2 Å². The van der Waals surface area contributed by atoms with E-state index >= 15 is 0 Å². The molecule has 7 heteroatoms.